The topological polar surface area (TPSA) is 66.4 Å². The fourth-order valence-electron chi connectivity index (χ4n) is 1.71. The molecule has 1 atom stereocenters. The van der Waals surface area contributed by atoms with Gasteiger partial charge in [0, 0.05) is 5.02 Å². The minimum Gasteiger partial charge on any atom is -0.481 e. The predicted molar refractivity (Wildman–Crippen MR) is 74.4 cm³/mol. The average molecular weight is 302 g/mol. The van der Waals surface area contributed by atoms with E-state index in [9.17, 15) is 14.0 Å². The molecule has 1 aromatic rings. The first-order chi connectivity index (χ1) is 9.15. The van der Waals surface area contributed by atoms with Crippen LogP contribution in [0, 0.1) is 11.7 Å². The second-order valence-corrected chi connectivity index (χ2v) is 5.66. The molecular weight excluding hydrogens is 285 g/mol. The Morgan fingerprint density at radius 2 is 2.05 bits per heavy atom. The highest BCUT2D eigenvalue weighted by atomic mass is 35.5. The molecule has 0 aliphatic heterocycles. The van der Waals surface area contributed by atoms with E-state index in [0.717, 1.165) is 6.07 Å². The number of hydrogen-bond acceptors (Lipinski definition) is 2. The summed E-state index contributed by atoms with van der Waals surface area (Å²) in [4.78, 5) is 23.0. The summed E-state index contributed by atoms with van der Waals surface area (Å²) in [6, 6.07) is 3.72. The Hall–Kier alpha value is -1.62. The summed E-state index contributed by atoms with van der Waals surface area (Å²) in [5, 5.41) is 11.7. The lowest BCUT2D eigenvalue weighted by Gasteiger charge is -2.33. The van der Waals surface area contributed by atoms with Crippen LogP contribution in [0.5, 0.6) is 0 Å². The molecule has 0 bridgehead atoms. The van der Waals surface area contributed by atoms with E-state index in [-0.39, 0.29) is 22.9 Å². The summed E-state index contributed by atoms with van der Waals surface area (Å²) in [6.07, 6.45) is -0.244. The number of hydrogen-bond donors (Lipinski definition) is 2. The van der Waals surface area contributed by atoms with E-state index in [1.807, 2.05) is 0 Å². The van der Waals surface area contributed by atoms with Crippen LogP contribution in [0.2, 0.25) is 5.02 Å². The number of carbonyl (C=O) groups is 2. The van der Waals surface area contributed by atoms with Gasteiger partial charge in [0.15, 0.2) is 0 Å². The summed E-state index contributed by atoms with van der Waals surface area (Å²) in [6.45, 7) is 5.21. The Morgan fingerprint density at radius 1 is 1.45 bits per heavy atom. The summed E-state index contributed by atoms with van der Waals surface area (Å²) >= 11 is 5.62. The van der Waals surface area contributed by atoms with Crippen LogP contribution in [0.3, 0.4) is 0 Å². The molecule has 0 aliphatic carbocycles. The molecule has 0 fully saturated rings. The maximum Gasteiger partial charge on any atom is 0.305 e. The van der Waals surface area contributed by atoms with Gasteiger partial charge >= 0.3 is 5.97 Å². The van der Waals surface area contributed by atoms with Gasteiger partial charge < -0.3 is 10.4 Å². The summed E-state index contributed by atoms with van der Waals surface area (Å²) < 4.78 is 13.7. The van der Waals surface area contributed by atoms with E-state index < -0.39 is 23.2 Å². The molecule has 0 radical (unpaired) electrons. The summed E-state index contributed by atoms with van der Waals surface area (Å²) in [5.74, 6) is -2.55. The average Bonchev–Trinajstić information content (AvgIpc) is 2.26. The molecule has 4 nitrogen and oxygen atoms in total. The van der Waals surface area contributed by atoms with Crippen molar-refractivity contribution in [1.82, 2.24) is 5.32 Å². The highest BCUT2D eigenvalue weighted by molar-refractivity contribution is 6.30. The highest BCUT2D eigenvalue weighted by Gasteiger charge is 2.33. The van der Waals surface area contributed by atoms with Crippen LogP contribution in [-0.2, 0) is 4.79 Å². The van der Waals surface area contributed by atoms with E-state index in [1.54, 1.807) is 20.8 Å². The summed E-state index contributed by atoms with van der Waals surface area (Å²) in [5.41, 5.74) is -1.12. The van der Waals surface area contributed by atoms with Gasteiger partial charge in [-0.05, 0) is 31.0 Å². The fraction of sp³-hybridized carbons (Fsp3) is 0.429. The second-order valence-electron chi connectivity index (χ2n) is 5.22. The number of nitrogens with one attached hydrogen (secondary N) is 1. The van der Waals surface area contributed by atoms with Crippen LogP contribution in [0.15, 0.2) is 18.2 Å². The smallest absolute Gasteiger partial charge is 0.305 e. The van der Waals surface area contributed by atoms with Gasteiger partial charge in [-0.2, -0.15) is 0 Å². The van der Waals surface area contributed by atoms with E-state index in [4.69, 9.17) is 16.7 Å². The minimum atomic E-state index is -1.03. The molecule has 0 aromatic heterocycles. The van der Waals surface area contributed by atoms with Gasteiger partial charge in [-0.25, -0.2) is 4.39 Å². The summed E-state index contributed by atoms with van der Waals surface area (Å²) in [7, 11) is 0. The van der Waals surface area contributed by atoms with Gasteiger partial charge in [0.1, 0.15) is 5.82 Å². The van der Waals surface area contributed by atoms with Crippen LogP contribution in [0.25, 0.3) is 0 Å². The van der Waals surface area contributed by atoms with Crippen molar-refractivity contribution in [3.05, 3.63) is 34.6 Å². The number of benzene rings is 1. The van der Waals surface area contributed by atoms with Gasteiger partial charge in [0.05, 0.1) is 17.5 Å². The Morgan fingerprint density at radius 3 is 2.50 bits per heavy atom. The van der Waals surface area contributed by atoms with Gasteiger partial charge in [-0.3, -0.25) is 9.59 Å². The monoisotopic (exact) mass is 301 g/mol. The van der Waals surface area contributed by atoms with Crippen LogP contribution in [0.1, 0.15) is 37.6 Å². The lowest BCUT2D eigenvalue weighted by molar-refractivity contribution is -0.138. The number of aliphatic carboxylic acids is 1. The van der Waals surface area contributed by atoms with Gasteiger partial charge in [0.25, 0.3) is 5.91 Å². The maximum atomic E-state index is 13.7. The number of carboxylic acid groups (broad SMARTS) is 1. The van der Waals surface area contributed by atoms with Crippen molar-refractivity contribution in [2.45, 2.75) is 32.7 Å². The maximum absolute atomic E-state index is 13.7. The second kappa shape index (κ2) is 6.22. The van der Waals surface area contributed by atoms with Crippen molar-refractivity contribution in [3.63, 3.8) is 0 Å². The molecule has 1 amide bonds. The first-order valence-corrected chi connectivity index (χ1v) is 6.53. The molecule has 0 aliphatic rings. The lowest BCUT2D eigenvalue weighted by Crippen LogP contribution is -2.51. The molecule has 1 unspecified atom stereocenters. The van der Waals surface area contributed by atoms with Crippen molar-refractivity contribution >= 4 is 23.5 Å². The Kier molecular flexibility index (Phi) is 5.11. The fourth-order valence-corrected chi connectivity index (χ4v) is 1.87. The Labute approximate surface area is 121 Å². The minimum absolute atomic E-state index is 0.127. The number of rotatable bonds is 5. The Balaban J connectivity index is 2.99. The molecule has 110 valence electrons. The molecule has 2 N–H and O–H groups in total. The highest BCUT2D eigenvalue weighted by Crippen LogP contribution is 2.22. The van der Waals surface area contributed by atoms with Gasteiger partial charge in [0.2, 0.25) is 0 Å². The van der Waals surface area contributed by atoms with E-state index in [1.165, 1.54) is 12.1 Å². The van der Waals surface area contributed by atoms with Crippen molar-refractivity contribution in [2.24, 2.45) is 5.92 Å². The van der Waals surface area contributed by atoms with E-state index in [2.05, 4.69) is 5.32 Å². The van der Waals surface area contributed by atoms with Crippen molar-refractivity contribution in [2.75, 3.05) is 0 Å². The quantitative estimate of drug-likeness (QED) is 0.878. The van der Waals surface area contributed by atoms with Crippen LogP contribution in [-0.4, -0.2) is 22.5 Å². The lowest BCUT2D eigenvalue weighted by atomic mass is 9.85. The van der Waals surface area contributed by atoms with Gasteiger partial charge in [-0.1, -0.05) is 25.4 Å². The zero-order chi connectivity index (χ0) is 15.5. The zero-order valence-corrected chi connectivity index (χ0v) is 12.3. The Bertz CT molecular complexity index is 533. The number of halogens is 2. The molecule has 0 saturated carbocycles. The molecule has 0 heterocycles. The number of carboxylic acids is 1. The first-order valence-electron chi connectivity index (χ1n) is 6.15. The molecule has 0 saturated heterocycles. The van der Waals surface area contributed by atoms with E-state index >= 15 is 0 Å². The molecular formula is C14H17ClFNO3. The number of carbonyl (C=O) groups excluding carboxylic acids is 1. The molecule has 6 heteroatoms. The third kappa shape index (κ3) is 3.93. The normalized spacial score (nSPS) is 13.9. The van der Waals surface area contributed by atoms with Crippen molar-refractivity contribution in [1.29, 1.82) is 0 Å². The molecule has 1 rings (SSSR count). The van der Waals surface area contributed by atoms with Gasteiger partial charge in [-0.15, -0.1) is 0 Å². The third-order valence-electron chi connectivity index (χ3n) is 3.37. The third-order valence-corrected chi connectivity index (χ3v) is 3.60. The largest absolute Gasteiger partial charge is 0.481 e. The van der Waals surface area contributed by atoms with Crippen molar-refractivity contribution < 1.29 is 19.1 Å². The van der Waals surface area contributed by atoms with E-state index in [0.29, 0.717) is 0 Å². The van der Waals surface area contributed by atoms with Crippen LogP contribution < -0.4 is 5.32 Å². The van der Waals surface area contributed by atoms with Crippen LogP contribution in [0.4, 0.5) is 4.39 Å². The predicted octanol–water partition coefficient (Wildman–Crippen LogP) is 3.10. The van der Waals surface area contributed by atoms with Crippen molar-refractivity contribution in [3.8, 4) is 0 Å². The SMILES string of the molecule is CC(C)C(C)(CC(=O)O)NC(=O)c1ccc(Cl)cc1F. The molecule has 0 spiro atoms. The standard InChI is InChI=1S/C14H17ClFNO3/c1-8(2)14(3,7-12(18)19)17-13(20)10-5-4-9(15)6-11(10)16/h4-6,8H,7H2,1-3H3,(H,17,20)(H,18,19). The molecule has 1 aromatic carbocycles. The zero-order valence-electron chi connectivity index (χ0n) is 11.5. The first kappa shape index (κ1) is 16.4. The number of amides is 1. The molecule has 20 heavy (non-hydrogen) atoms. The van der Waals surface area contributed by atoms with Crippen LogP contribution >= 0.6 is 11.6 Å².